The Balaban J connectivity index is 0.00000208. The number of ether oxygens (including phenoxy) is 1. The first-order valence-electron chi connectivity index (χ1n) is 8.49. The van der Waals surface area contributed by atoms with Crippen molar-refractivity contribution >= 4 is 23.7 Å². The molecule has 0 aliphatic carbocycles. The molecule has 3 rings (SSSR count). The van der Waals surface area contributed by atoms with E-state index in [0.29, 0.717) is 5.41 Å². The highest BCUT2D eigenvalue weighted by molar-refractivity contribution is 7.09. The highest BCUT2D eigenvalue weighted by atomic mass is 35.5. The van der Waals surface area contributed by atoms with Gasteiger partial charge in [0.2, 0.25) is 0 Å². The maximum absolute atomic E-state index is 5.85. The molecule has 1 fully saturated rings. The fourth-order valence-electron chi connectivity index (χ4n) is 3.53. The average molecular weight is 370 g/mol. The number of hydrogen-bond donors (Lipinski definition) is 0. The minimum absolute atomic E-state index is 0. The lowest BCUT2D eigenvalue weighted by Gasteiger charge is -2.29. The summed E-state index contributed by atoms with van der Waals surface area (Å²) in [5, 5.41) is 6.46. The number of thiophene rings is 1. The van der Waals surface area contributed by atoms with Crippen LogP contribution in [-0.2, 0) is 24.8 Å². The number of hydrogen-bond acceptors (Lipinski definition) is 4. The molecule has 1 saturated heterocycles. The predicted molar refractivity (Wildman–Crippen MR) is 102 cm³/mol. The first-order valence-corrected chi connectivity index (χ1v) is 9.37. The Morgan fingerprint density at radius 1 is 1.42 bits per heavy atom. The van der Waals surface area contributed by atoms with Crippen LogP contribution in [0.5, 0.6) is 0 Å². The van der Waals surface area contributed by atoms with Gasteiger partial charge in [0.15, 0.2) is 0 Å². The molecule has 24 heavy (non-hydrogen) atoms. The van der Waals surface area contributed by atoms with Crippen LogP contribution in [0.25, 0.3) is 0 Å². The van der Waals surface area contributed by atoms with Crippen LogP contribution in [0, 0.1) is 5.41 Å². The van der Waals surface area contributed by atoms with Gasteiger partial charge in [-0.2, -0.15) is 5.10 Å². The molecule has 6 heteroatoms. The van der Waals surface area contributed by atoms with Gasteiger partial charge < -0.3 is 4.74 Å². The van der Waals surface area contributed by atoms with Crippen molar-refractivity contribution in [3.05, 3.63) is 40.3 Å². The minimum atomic E-state index is 0. The second-order valence-electron chi connectivity index (χ2n) is 6.70. The maximum Gasteiger partial charge on any atom is 0.0535 e. The monoisotopic (exact) mass is 369 g/mol. The summed E-state index contributed by atoms with van der Waals surface area (Å²) in [6, 6.07) is 4.40. The van der Waals surface area contributed by atoms with E-state index in [4.69, 9.17) is 4.74 Å². The minimum Gasteiger partial charge on any atom is -0.381 e. The van der Waals surface area contributed by atoms with Gasteiger partial charge in [0, 0.05) is 48.8 Å². The van der Waals surface area contributed by atoms with Crippen LogP contribution in [0.15, 0.2) is 29.9 Å². The molecule has 0 amide bonds. The molecule has 2 aromatic heterocycles. The van der Waals surface area contributed by atoms with Crippen LogP contribution in [0.1, 0.15) is 30.2 Å². The Kier molecular flexibility index (Phi) is 7.29. The number of aryl methyl sites for hydroxylation is 2. The van der Waals surface area contributed by atoms with Crippen molar-refractivity contribution in [2.75, 3.05) is 26.3 Å². The summed E-state index contributed by atoms with van der Waals surface area (Å²) >= 11 is 1.87. The highest BCUT2D eigenvalue weighted by Gasteiger charge is 2.38. The van der Waals surface area contributed by atoms with Gasteiger partial charge in [0.25, 0.3) is 0 Å². The third-order valence-electron chi connectivity index (χ3n) is 4.78. The molecule has 4 nitrogen and oxygen atoms in total. The SMILES string of the molecule is CCOC[C@@]1(CCc2cccs2)CCN(Cc2cnn(C)c2)C1.Cl. The van der Waals surface area contributed by atoms with Crippen molar-refractivity contribution in [2.45, 2.75) is 32.7 Å². The predicted octanol–water partition coefficient (Wildman–Crippen LogP) is 3.76. The molecular weight excluding hydrogens is 342 g/mol. The fraction of sp³-hybridized carbons (Fsp3) is 0.611. The molecule has 0 aromatic carbocycles. The van der Waals surface area contributed by atoms with E-state index in [1.165, 1.54) is 29.7 Å². The van der Waals surface area contributed by atoms with E-state index in [2.05, 4.69) is 40.6 Å². The summed E-state index contributed by atoms with van der Waals surface area (Å²) in [7, 11) is 1.98. The van der Waals surface area contributed by atoms with Gasteiger partial charge in [-0.05, 0) is 44.2 Å². The third-order valence-corrected chi connectivity index (χ3v) is 5.71. The number of aromatic nitrogens is 2. The van der Waals surface area contributed by atoms with Gasteiger partial charge in [0.05, 0.1) is 12.8 Å². The van der Waals surface area contributed by atoms with Crippen molar-refractivity contribution < 1.29 is 4.74 Å². The Labute approximate surface area is 155 Å². The highest BCUT2D eigenvalue weighted by Crippen LogP contribution is 2.36. The molecule has 2 aromatic rings. The fourth-order valence-corrected chi connectivity index (χ4v) is 4.24. The van der Waals surface area contributed by atoms with E-state index < -0.39 is 0 Å². The van der Waals surface area contributed by atoms with Gasteiger partial charge in [-0.25, -0.2) is 0 Å². The molecule has 3 heterocycles. The quantitative estimate of drug-likeness (QED) is 0.709. The van der Waals surface area contributed by atoms with Gasteiger partial charge >= 0.3 is 0 Å². The van der Waals surface area contributed by atoms with Gasteiger partial charge in [-0.1, -0.05) is 6.07 Å². The van der Waals surface area contributed by atoms with E-state index in [9.17, 15) is 0 Å². The zero-order valence-corrected chi connectivity index (χ0v) is 16.2. The van der Waals surface area contributed by atoms with E-state index in [0.717, 1.165) is 32.8 Å². The average Bonchev–Trinajstić information content (AvgIpc) is 3.26. The summed E-state index contributed by atoms with van der Waals surface area (Å²) in [5.74, 6) is 0. The summed E-state index contributed by atoms with van der Waals surface area (Å²) in [5.41, 5.74) is 1.61. The second-order valence-corrected chi connectivity index (χ2v) is 7.73. The lowest BCUT2D eigenvalue weighted by atomic mass is 9.83. The lowest BCUT2D eigenvalue weighted by molar-refractivity contribution is 0.0490. The van der Waals surface area contributed by atoms with Gasteiger partial charge in [-0.15, -0.1) is 23.7 Å². The van der Waals surface area contributed by atoms with Crippen LogP contribution in [0.4, 0.5) is 0 Å². The number of halogens is 1. The first-order chi connectivity index (χ1) is 11.2. The van der Waals surface area contributed by atoms with Crippen LogP contribution in [0.2, 0.25) is 0 Å². The summed E-state index contributed by atoms with van der Waals surface area (Å²) in [6.45, 7) is 7.08. The van der Waals surface area contributed by atoms with E-state index in [1.807, 2.05) is 29.3 Å². The second kappa shape index (κ2) is 8.99. The van der Waals surface area contributed by atoms with Crippen LogP contribution >= 0.6 is 23.7 Å². The van der Waals surface area contributed by atoms with Crippen molar-refractivity contribution in [3.8, 4) is 0 Å². The molecule has 1 atom stereocenters. The van der Waals surface area contributed by atoms with E-state index in [1.54, 1.807) is 0 Å². The zero-order valence-electron chi connectivity index (χ0n) is 14.6. The lowest BCUT2D eigenvalue weighted by Crippen LogP contribution is -2.32. The molecular formula is C18H28ClN3OS. The normalized spacial score (nSPS) is 21.1. The Bertz CT molecular complexity index is 601. The topological polar surface area (TPSA) is 30.3 Å². The largest absolute Gasteiger partial charge is 0.381 e. The third kappa shape index (κ3) is 5.06. The van der Waals surface area contributed by atoms with Crippen LogP contribution in [0.3, 0.4) is 0 Å². The Hall–Kier alpha value is -0.880. The summed E-state index contributed by atoms with van der Waals surface area (Å²) in [6.07, 6.45) is 7.73. The van der Waals surface area contributed by atoms with Crippen molar-refractivity contribution in [1.82, 2.24) is 14.7 Å². The number of nitrogens with zero attached hydrogens (tertiary/aromatic N) is 3. The Morgan fingerprint density at radius 2 is 2.29 bits per heavy atom. The zero-order chi connectivity index (χ0) is 16.1. The van der Waals surface area contributed by atoms with E-state index in [-0.39, 0.29) is 12.4 Å². The van der Waals surface area contributed by atoms with Gasteiger partial charge in [0.1, 0.15) is 0 Å². The first kappa shape index (κ1) is 19.4. The van der Waals surface area contributed by atoms with Crippen molar-refractivity contribution in [1.29, 1.82) is 0 Å². The van der Waals surface area contributed by atoms with E-state index >= 15 is 0 Å². The summed E-state index contributed by atoms with van der Waals surface area (Å²) < 4.78 is 7.74. The molecule has 1 aliphatic rings. The van der Waals surface area contributed by atoms with Crippen LogP contribution < -0.4 is 0 Å². The van der Waals surface area contributed by atoms with Gasteiger partial charge in [-0.3, -0.25) is 9.58 Å². The standard InChI is InChI=1S/C18H27N3OS.ClH/c1-3-22-15-18(7-6-17-5-4-10-23-17)8-9-21(14-18)13-16-11-19-20(2)12-16;/h4-5,10-12H,3,6-9,13-15H2,1-2H3;1H/t18-;/m0./s1. The molecule has 0 spiro atoms. The molecule has 0 saturated carbocycles. The molecule has 1 aliphatic heterocycles. The molecule has 0 N–H and O–H groups in total. The summed E-state index contributed by atoms with van der Waals surface area (Å²) in [4.78, 5) is 4.05. The molecule has 134 valence electrons. The molecule has 0 bridgehead atoms. The number of rotatable bonds is 8. The molecule has 0 unspecified atom stereocenters. The van der Waals surface area contributed by atoms with Crippen LogP contribution in [-0.4, -0.2) is 41.0 Å². The Morgan fingerprint density at radius 3 is 2.96 bits per heavy atom. The van der Waals surface area contributed by atoms with Crippen molar-refractivity contribution in [2.24, 2.45) is 12.5 Å². The maximum atomic E-state index is 5.85. The van der Waals surface area contributed by atoms with Crippen molar-refractivity contribution in [3.63, 3.8) is 0 Å². The molecule has 0 radical (unpaired) electrons. The smallest absolute Gasteiger partial charge is 0.0535 e. The number of likely N-dealkylation sites (tertiary alicyclic amines) is 1.